The minimum Gasteiger partial charge on any atom is -0.376 e. The summed E-state index contributed by atoms with van der Waals surface area (Å²) >= 11 is 1.80. The van der Waals surface area contributed by atoms with Crippen LogP contribution in [0, 0.1) is 13.8 Å². The van der Waals surface area contributed by atoms with E-state index in [4.69, 9.17) is 9.47 Å². The first kappa shape index (κ1) is 23.8. The van der Waals surface area contributed by atoms with E-state index in [9.17, 15) is 0 Å². The maximum absolute atomic E-state index is 6.12. The van der Waals surface area contributed by atoms with E-state index in [0.717, 1.165) is 75.2 Å². The molecule has 0 aromatic carbocycles. The van der Waals surface area contributed by atoms with Gasteiger partial charge in [-0.1, -0.05) is 0 Å². The number of aromatic nitrogens is 1. The van der Waals surface area contributed by atoms with E-state index < -0.39 is 0 Å². The molecule has 1 atom stereocenters. The van der Waals surface area contributed by atoms with Crippen LogP contribution in [0.15, 0.2) is 4.99 Å². The van der Waals surface area contributed by atoms with Gasteiger partial charge in [-0.15, -0.1) is 35.3 Å². The molecule has 2 saturated heterocycles. The number of hydrogen-bond acceptors (Lipinski definition) is 5. The van der Waals surface area contributed by atoms with Gasteiger partial charge in [0.1, 0.15) is 0 Å². The summed E-state index contributed by atoms with van der Waals surface area (Å²) in [7, 11) is 1.87. The predicted molar refractivity (Wildman–Crippen MR) is 126 cm³/mol. The monoisotopic (exact) mass is 522 g/mol. The van der Waals surface area contributed by atoms with Crippen molar-refractivity contribution in [3.05, 3.63) is 15.6 Å². The molecular weight excluding hydrogens is 487 g/mol. The van der Waals surface area contributed by atoms with Crippen LogP contribution in [0.3, 0.4) is 0 Å². The Morgan fingerprint density at radius 3 is 2.68 bits per heavy atom. The quantitative estimate of drug-likeness (QED) is 0.352. The standard InChI is InChI=1S/C20H34N4O2S.HI/c1-15-19(27-16(2)23-15)7-10-22-20(21-3)24-11-8-17(9-12-24)26-14-18-6-4-5-13-25-18;/h17-18H,4-14H2,1-3H3,(H,21,22);1H. The number of hydrogen-bond donors (Lipinski definition) is 1. The molecule has 0 bridgehead atoms. The molecule has 0 saturated carbocycles. The molecule has 0 aliphatic carbocycles. The van der Waals surface area contributed by atoms with Gasteiger partial charge in [-0.3, -0.25) is 4.99 Å². The van der Waals surface area contributed by atoms with Crippen LogP contribution >= 0.6 is 35.3 Å². The van der Waals surface area contributed by atoms with Crippen LogP contribution in [0.5, 0.6) is 0 Å². The first-order valence-corrected chi connectivity index (χ1v) is 11.1. The highest BCUT2D eigenvalue weighted by Crippen LogP contribution is 2.19. The summed E-state index contributed by atoms with van der Waals surface area (Å²) in [4.78, 5) is 12.7. The Bertz CT molecular complexity index is 611. The predicted octanol–water partition coefficient (Wildman–Crippen LogP) is 3.55. The molecule has 1 aromatic rings. The third-order valence-electron chi connectivity index (χ3n) is 5.38. The summed E-state index contributed by atoms with van der Waals surface area (Å²) in [6.45, 7) is 8.70. The van der Waals surface area contributed by atoms with Crippen LogP contribution < -0.4 is 5.32 Å². The van der Waals surface area contributed by atoms with Crippen molar-refractivity contribution in [2.75, 3.05) is 39.9 Å². The summed E-state index contributed by atoms with van der Waals surface area (Å²) in [5, 5.41) is 4.66. The molecule has 0 spiro atoms. The minimum absolute atomic E-state index is 0. The van der Waals surface area contributed by atoms with E-state index in [2.05, 4.69) is 34.0 Å². The molecule has 2 aliphatic rings. The van der Waals surface area contributed by atoms with E-state index >= 15 is 0 Å². The topological polar surface area (TPSA) is 59.0 Å². The number of aliphatic imine (C=N–C) groups is 1. The molecule has 1 aromatic heterocycles. The number of piperidine rings is 1. The number of guanidine groups is 1. The number of nitrogens with zero attached hydrogens (tertiary/aromatic N) is 3. The van der Waals surface area contributed by atoms with Gasteiger partial charge in [0.25, 0.3) is 0 Å². The zero-order valence-corrected chi connectivity index (χ0v) is 20.6. The Hall–Kier alpha value is -0.450. The first-order valence-electron chi connectivity index (χ1n) is 10.3. The highest BCUT2D eigenvalue weighted by molar-refractivity contribution is 14.0. The van der Waals surface area contributed by atoms with Gasteiger partial charge in [0.15, 0.2) is 5.96 Å². The number of ether oxygens (including phenoxy) is 2. The van der Waals surface area contributed by atoms with E-state index in [1.807, 2.05) is 7.05 Å². The van der Waals surface area contributed by atoms with Crippen molar-refractivity contribution >= 4 is 41.3 Å². The number of thiazole rings is 1. The number of likely N-dealkylation sites (tertiary alicyclic amines) is 1. The smallest absolute Gasteiger partial charge is 0.193 e. The highest BCUT2D eigenvalue weighted by atomic mass is 127. The van der Waals surface area contributed by atoms with Crippen LogP contribution in [-0.4, -0.2) is 67.9 Å². The van der Waals surface area contributed by atoms with Crippen LogP contribution in [0.25, 0.3) is 0 Å². The summed E-state index contributed by atoms with van der Waals surface area (Å²) in [5.41, 5.74) is 1.16. The Balaban J connectivity index is 0.00000280. The van der Waals surface area contributed by atoms with Crippen LogP contribution in [-0.2, 0) is 15.9 Å². The second-order valence-electron chi connectivity index (χ2n) is 7.47. The average Bonchev–Trinajstić information content (AvgIpc) is 3.02. The number of halogens is 1. The lowest BCUT2D eigenvalue weighted by atomic mass is 10.1. The van der Waals surface area contributed by atoms with Gasteiger partial charge in [-0.2, -0.15) is 0 Å². The van der Waals surface area contributed by atoms with Crippen molar-refractivity contribution in [3.63, 3.8) is 0 Å². The molecule has 2 aliphatic heterocycles. The Morgan fingerprint density at radius 2 is 2.07 bits per heavy atom. The van der Waals surface area contributed by atoms with Gasteiger partial charge < -0.3 is 19.7 Å². The van der Waals surface area contributed by atoms with Crippen molar-refractivity contribution in [1.82, 2.24) is 15.2 Å². The lowest BCUT2D eigenvalue weighted by Crippen LogP contribution is -2.47. The molecule has 3 rings (SSSR count). The average molecular weight is 522 g/mol. The van der Waals surface area contributed by atoms with Crippen molar-refractivity contribution in [3.8, 4) is 0 Å². The van der Waals surface area contributed by atoms with Gasteiger partial charge in [0, 0.05) is 44.6 Å². The van der Waals surface area contributed by atoms with Crippen LogP contribution in [0.2, 0.25) is 0 Å². The Kier molecular flexibility index (Phi) is 10.5. The fraction of sp³-hybridized carbons (Fsp3) is 0.800. The van der Waals surface area contributed by atoms with Crippen molar-refractivity contribution in [2.24, 2.45) is 4.99 Å². The summed E-state index contributed by atoms with van der Waals surface area (Å²) < 4.78 is 11.9. The summed E-state index contributed by atoms with van der Waals surface area (Å²) in [5.74, 6) is 1.00. The Morgan fingerprint density at radius 1 is 1.29 bits per heavy atom. The second kappa shape index (κ2) is 12.3. The molecule has 160 valence electrons. The zero-order chi connectivity index (χ0) is 19.1. The summed E-state index contributed by atoms with van der Waals surface area (Å²) in [6.07, 6.45) is 7.39. The van der Waals surface area contributed by atoms with Crippen molar-refractivity contribution in [1.29, 1.82) is 0 Å². The molecule has 0 amide bonds. The SMILES string of the molecule is CN=C(NCCc1sc(C)nc1C)N1CCC(OCC2CCCCO2)CC1.I. The Labute approximate surface area is 190 Å². The maximum atomic E-state index is 6.12. The fourth-order valence-corrected chi connectivity index (χ4v) is 4.78. The normalized spacial score (nSPS) is 21.5. The van der Waals surface area contributed by atoms with E-state index in [1.54, 1.807) is 11.3 Å². The summed E-state index contributed by atoms with van der Waals surface area (Å²) in [6, 6.07) is 0. The molecule has 1 N–H and O–H groups in total. The largest absolute Gasteiger partial charge is 0.376 e. The number of aryl methyl sites for hydroxylation is 2. The van der Waals surface area contributed by atoms with E-state index in [-0.39, 0.29) is 24.0 Å². The van der Waals surface area contributed by atoms with Crippen molar-refractivity contribution in [2.45, 2.75) is 64.6 Å². The van der Waals surface area contributed by atoms with Gasteiger partial charge in [-0.25, -0.2) is 4.98 Å². The van der Waals surface area contributed by atoms with Crippen LogP contribution in [0.1, 0.15) is 47.7 Å². The third-order valence-corrected chi connectivity index (χ3v) is 6.51. The highest BCUT2D eigenvalue weighted by Gasteiger charge is 2.23. The maximum Gasteiger partial charge on any atom is 0.193 e. The third kappa shape index (κ3) is 7.11. The molecule has 6 nitrogen and oxygen atoms in total. The van der Waals surface area contributed by atoms with Gasteiger partial charge in [0.2, 0.25) is 0 Å². The molecule has 2 fully saturated rings. The van der Waals surface area contributed by atoms with Gasteiger partial charge in [-0.05, 0) is 46.0 Å². The molecule has 8 heteroatoms. The van der Waals surface area contributed by atoms with E-state index in [0.29, 0.717) is 12.2 Å². The zero-order valence-electron chi connectivity index (χ0n) is 17.4. The lowest BCUT2D eigenvalue weighted by molar-refractivity contribution is -0.0721. The molecule has 0 radical (unpaired) electrons. The molecule has 28 heavy (non-hydrogen) atoms. The lowest BCUT2D eigenvalue weighted by Gasteiger charge is -2.35. The van der Waals surface area contributed by atoms with Gasteiger partial charge in [0.05, 0.1) is 29.5 Å². The number of nitrogens with one attached hydrogen (secondary N) is 1. The van der Waals surface area contributed by atoms with Gasteiger partial charge >= 0.3 is 0 Å². The fourth-order valence-electron chi connectivity index (χ4n) is 3.84. The molecule has 3 heterocycles. The second-order valence-corrected chi connectivity index (χ2v) is 8.76. The van der Waals surface area contributed by atoms with Crippen LogP contribution in [0.4, 0.5) is 0 Å². The van der Waals surface area contributed by atoms with Crippen molar-refractivity contribution < 1.29 is 9.47 Å². The molecule has 1 unspecified atom stereocenters. The first-order chi connectivity index (χ1) is 13.2. The minimum atomic E-state index is 0. The molecular formula is C20H35IN4O2S. The van der Waals surface area contributed by atoms with E-state index in [1.165, 1.54) is 17.7 Å². The number of rotatable bonds is 6.